The van der Waals surface area contributed by atoms with Crippen molar-refractivity contribution in [3.8, 4) is 0 Å². The lowest BCUT2D eigenvalue weighted by Crippen LogP contribution is -2.33. The van der Waals surface area contributed by atoms with Gasteiger partial charge in [-0.2, -0.15) is 0 Å². The third kappa shape index (κ3) is 1.46. The average molecular weight is 228 g/mol. The molecule has 2 nitrogen and oxygen atoms in total. The highest BCUT2D eigenvalue weighted by Crippen LogP contribution is 2.43. The minimum Gasteiger partial charge on any atom is -0.385 e. The summed E-state index contributed by atoms with van der Waals surface area (Å²) < 4.78 is 0. The molecule has 2 unspecified atom stereocenters. The fourth-order valence-corrected chi connectivity index (χ4v) is 3.98. The molecule has 0 spiro atoms. The Kier molecular flexibility index (Phi) is 2.11. The topological polar surface area (TPSA) is 15.3 Å². The summed E-state index contributed by atoms with van der Waals surface area (Å²) >= 11 is 0. The number of hydrogen-bond acceptors (Lipinski definition) is 2. The highest BCUT2D eigenvalue weighted by atomic mass is 15.2. The van der Waals surface area contributed by atoms with E-state index < -0.39 is 0 Å². The molecule has 2 aliphatic heterocycles. The fraction of sp³-hybridized carbons (Fsp3) is 0.600. The van der Waals surface area contributed by atoms with E-state index in [4.69, 9.17) is 0 Å². The minimum absolute atomic E-state index is 0.841. The van der Waals surface area contributed by atoms with Crippen molar-refractivity contribution in [2.24, 2.45) is 5.92 Å². The molecule has 90 valence electrons. The van der Waals surface area contributed by atoms with E-state index in [9.17, 15) is 0 Å². The van der Waals surface area contributed by atoms with Gasteiger partial charge in [0.2, 0.25) is 0 Å². The molecule has 2 atom stereocenters. The summed E-state index contributed by atoms with van der Waals surface area (Å²) in [6.07, 6.45) is 6.87. The van der Waals surface area contributed by atoms with Crippen LogP contribution in [0.4, 0.5) is 11.4 Å². The minimum atomic E-state index is 0.841. The van der Waals surface area contributed by atoms with Gasteiger partial charge in [-0.3, -0.25) is 0 Å². The summed E-state index contributed by atoms with van der Waals surface area (Å²) in [6.45, 7) is 2.45. The van der Waals surface area contributed by atoms with Crippen LogP contribution < -0.4 is 10.2 Å². The molecule has 2 heterocycles. The van der Waals surface area contributed by atoms with Gasteiger partial charge in [-0.05, 0) is 55.7 Å². The Morgan fingerprint density at radius 1 is 1.24 bits per heavy atom. The van der Waals surface area contributed by atoms with Crippen LogP contribution in [0.1, 0.15) is 31.2 Å². The number of anilines is 2. The maximum absolute atomic E-state index is 3.54. The molecule has 0 amide bonds. The Labute approximate surface area is 103 Å². The Hall–Kier alpha value is -1.18. The monoisotopic (exact) mass is 228 g/mol. The molecule has 1 aromatic rings. The number of piperidine rings is 1. The van der Waals surface area contributed by atoms with Crippen LogP contribution in [-0.4, -0.2) is 19.1 Å². The third-order valence-corrected chi connectivity index (χ3v) is 4.79. The van der Waals surface area contributed by atoms with Crippen LogP contribution in [0.2, 0.25) is 0 Å². The molecule has 0 aromatic heterocycles. The highest BCUT2D eigenvalue weighted by Gasteiger charge is 2.38. The summed E-state index contributed by atoms with van der Waals surface area (Å²) in [6, 6.07) is 7.64. The van der Waals surface area contributed by atoms with Crippen molar-refractivity contribution in [3.63, 3.8) is 0 Å². The largest absolute Gasteiger partial charge is 0.385 e. The van der Waals surface area contributed by atoms with Gasteiger partial charge in [-0.25, -0.2) is 0 Å². The van der Waals surface area contributed by atoms with Gasteiger partial charge in [0.15, 0.2) is 0 Å². The number of hydrogen-bond donors (Lipinski definition) is 1. The van der Waals surface area contributed by atoms with E-state index in [0.29, 0.717) is 0 Å². The van der Waals surface area contributed by atoms with Crippen molar-refractivity contribution in [2.45, 2.75) is 38.1 Å². The fourth-order valence-electron chi connectivity index (χ4n) is 3.98. The van der Waals surface area contributed by atoms with E-state index in [2.05, 4.69) is 28.4 Å². The number of benzene rings is 1. The summed E-state index contributed by atoms with van der Waals surface area (Å²) in [4.78, 5) is 2.69. The first-order valence-corrected chi connectivity index (χ1v) is 7.04. The molecular formula is C15H20N2. The van der Waals surface area contributed by atoms with Crippen LogP contribution in [-0.2, 0) is 6.42 Å². The first-order chi connectivity index (χ1) is 8.42. The zero-order valence-corrected chi connectivity index (χ0v) is 10.3. The van der Waals surface area contributed by atoms with Gasteiger partial charge in [0, 0.05) is 30.5 Å². The van der Waals surface area contributed by atoms with E-state index in [1.165, 1.54) is 50.0 Å². The maximum Gasteiger partial charge on any atom is 0.0422 e. The first kappa shape index (κ1) is 9.81. The first-order valence-electron chi connectivity index (χ1n) is 7.04. The number of rotatable bonds is 1. The van der Waals surface area contributed by atoms with Crippen molar-refractivity contribution >= 4 is 11.4 Å². The molecule has 2 heteroatoms. The number of nitrogens with zero attached hydrogens (tertiary/aromatic N) is 1. The average Bonchev–Trinajstić information content (AvgIpc) is 3.00. The predicted octanol–water partition coefficient (Wildman–Crippen LogP) is 3.03. The lowest BCUT2D eigenvalue weighted by Gasteiger charge is -2.33. The van der Waals surface area contributed by atoms with Gasteiger partial charge in [0.05, 0.1) is 0 Å². The van der Waals surface area contributed by atoms with E-state index in [1.807, 2.05) is 0 Å². The van der Waals surface area contributed by atoms with Crippen molar-refractivity contribution in [3.05, 3.63) is 23.8 Å². The maximum atomic E-state index is 3.54. The molecule has 1 aliphatic carbocycles. The standard InChI is InChI=1S/C15H20N2/c1-4-14-13(3-2-8-16-14)15(5-1)17-10-11-6-7-12(17)9-11/h1,4-5,11-12,16H,2-3,6-10H2. The van der Waals surface area contributed by atoms with Crippen LogP contribution >= 0.6 is 0 Å². The van der Waals surface area contributed by atoms with Crippen LogP contribution in [0, 0.1) is 5.92 Å². The molecule has 3 aliphatic rings. The van der Waals surface area contributed by atoms with Gasteiger partial charge in [-0.1, -0.05) is 6.07 Å². The Morgan fingerprint density at radius 3 is 3.06 bits per heavy atom. The van der Waals surface area contributed by atoms with Crippen LogP contribution in [0.25, 0.3) is 0 Å². The molecule has 1 saturated carbocycles. The molecule has 1 aromatic carbocycles. The lowest BCUT2D eigenvalue weighted by atomic mass is 9.99. The number of fused-ring (bicyclic) bond motifs is 3. The molecule has 1 N–H and O–H groups in total. The third-order valence-electron chi connectivity index (χ3n) is 4.79. The second kappa shape index (κ2) is 3.66. The van der Waals surface area contributed by atoms with Crippen molar-refractivity contribution in [2.75, 3.05) is 23.3 Å². The second-order valence-electron chi connectivity index (χ2n) is 5.82. The molecule has 17 heavy (non-hydrogen) atoms. The Bertz CT molecular complexity index is 441. The summed E-state index contributed by atoms with van der Waals surface area (Å²) in [5.74, 6) is 0.979. The van der Waals surface area contributed by atoms with E-state index in [0.717, 1.165) is 18.5 Å². The molecule has 2 bridgehead atoms. The second-order valence-corrected chi connectivity index (χ2v) is 5.82. The summed E-state index contributed by atoms with van der Waals surface area (Å²) in [5, 5.41) is 3.54. The Morgan fingerprint density at radius 2 is 2.24 bits per heavy atom. The predicted molar refractivity (Wildman–Crippen MR) is 71.7 cm³/mol. The zero-order valence-electron chi connectivity index (χ0n) is 10.3. The SMILES string of the molecule is c1cc2c(c(N3CC4CCC3C4)c1)CCCN2. The Balaban J connectivity index is 1.73. The van der Waals surface area contributed by atoms with Crippen molar-refractivity contribution in [1.29, 1.82) is 0 Å². The van der Waals surface area contributed by atoms with Crippen LogP contribution in [0.15, 0.2) is 18.2 Å². The van der Waals surface area contributed by atoms with Crippen LogP contribution in [0.5, 0.6) is 0 Å². The summed E-state index contributed by atoms with van der Waals surface area (Å²) in [5.41, 5.74) is 4.49. The van der Waals surface area contributed by atoms with Crippen molar-refractivity contribution < 1.29 is 0 Å². The smallest absolute Gasteiger partial charge is 0.0422 e. The van der Waals surface area contributed by atoms with Gasteiger partial charge < -0.3 is 10.2 Å². The summed E-state index contributed by atoms with van der Waals surface area (Å²) in [7, 11) is 0. The van der Waals surface area contributed by atoms with E-state index in [-0.39, 0.29) is 0 Å². The van der Waals surface area contributed by atoms with Gasteiger partial charge >= 0.3 is 0 Å². The lowest BCUT2D eigenvalue weighted by molar-refractivity contribution is 0.552. The zero-order chi connectivity index (χ0) is 11.2. The van der Waals surface area contributed by atoms with E-state index in [1.54, 1.807) is 5.56 Å². The van der Waals surface area contributed by atoms with Crippen LogP contribution in [0.3, 0.4) is 0 Å². The number of nitrogens with one attached hydrogen (secondary N) is 1. The van der Waals surface area contributed by atoms with Gasteiger partial charge in [0.1, 0.15) is 0 Å². The van der Waals surface area contributed by atoms with Crippen molar-refractivity contribution in [1.82, 2.24) is 0 Å². The van der Waals surface area contributed by atoms with Gasteiger partial charge in [-0.15, -0.1) is 0 Å². The normalized spacial score (nSPS) is 30.2. The van der Waals surface area contributed by atoms with Gasteiger partial charge in [0.25, 0.3) is 0 Å². The molecule has 0 radical (unpaired) electrons. The molecular weight excluding hydrogens is 208 g/mol. The molecule has 1 saturated heterocycles. The molecule has 4 rings (SSSR count). The quantitative estimate of drug-likeness (QED) is 0.795. The van der Waals surface area contributed by atoms with E-state index >= 15 is 0 Å². The molecule has 2 fully saturated rings. The highest BCUT2D eigenvalue weighted by molar-refractivity contribution is 5.68.